The highest BCUT2D eigenvalue weighted by Gasteiger charge is 2.16. The van der Waals surface area contributed by atoms with E-state index in [2.05, 4.69) is 0 Å². The molecule has 1 aromatic rings. The average Bonchev–Trinajstić information content (AvgIpc) is 2.40. The van der Waals surface area contributed by atoms with Gasteiger partial charge in [-0.2, -0.15) is 0 Å². The first-order valence-corrected chi connectivity index (χ1v) is 6.31. The van der Waals surface area contributed by atoms with Crippen LogP contribution in [-0.4, -0.2) is 38.0 Å². The number of carbonyl (C=O) groups is 1. The van der Waals surface area contributed by atoms with Gasteiger partial charge in [0.05, 0.1) is 13.2 Å². The summed E-state index contributed by atoms with van der Waals surface area (Å²) in [7, 11) is 1.65. The van der Waals surface area contributed by atoms with Gasteiger partial charge in [0.2, 0.25) is 0 Å². The third kappa shape index (κ3) is 4.79. The van der Waals surface area contributed by atoms with Crippen molar-refractivity contribution in [3.8, 4) is 11.5 Å². The first-order chi connectivity index (χ1) is 9.20. The Bertz CT molecular complexity index is 403. The van der Waals surface area contributed by atoms with E-state index in [4.69, 9.17) is 19.3 Å². The van der Waals surface area contributed by atoms with E-state index >= 15 is 0 Å². The first-order valence-electron chi connectivity index (χ1n) is 6.31. The monoisotopic (exact) mass is 268 g/mol. The van der Waals surface area contributed by atoms with Gasteiger partial charge in [-0.1, -0.05) is 6.07 Å². The van der Waals surface area contributed by atoms with Gasteiger partial charge >= 0.3 is 5.97 Å². The summed E-state index contributed by atoms with van der Waals surface area (Å²) < 4.78 is 15.9. The van der Waals surface area contributed by atoms with Crippen molar-refractivity contribution in [1.29, 1.82) is 0 Å². The SMILES string of the molecule is CCOc1cccc(C(=O)O)c1OCCCCOC. The molecule has 0 aromatic heterocycles. The summed E-state index contributed by atoms with van der Waals surface area (Å²) in [6, 6.07) is 4.86. The second-order valence-corrected chi connectivity index (χ2v) is 3.92. The summed E-state index contributed by atoms with van der Waals surface area (Å²) in [6.45, 7) is 3.41. The summed E-state index contributed by atoms with van der Waals surface area (Å²) in [4.78, 5) is 11.2. The predicted molar refractivity (Wildman–Crippen MR) is 71.2 cm³/mol. The highest BCUT2D eigenvalue weighted by Crippen LogP contribution is 2.31. The third-order valence-electron chi connectivity index (χ3n) is 2.50. The fourth-order valence-electron chi connectivity index (χ4n) is 1.62. The second kappa shape index (κ2) is 8.37. The molecular weight excluding hydrogens is 248 g/mol. The smallest absolute Gasteiger partial charge is 0.339 e. The quantitative estimate of drug-likeness (QED) is 0.697. The number of aromatic carboxylic acids is 1. The van der Waals surface area contributed by atoms with Crippen molar-refractivity contribution in [2.75, 3.05) is 26.9 Å². The Kier molecular flexibility index (Phi) is 6.74. The lowest BCUT2D eigenvalue weighted by Gasteiger charge is -2.14. The molecule has 5 heteroatoms. The molecule has 0 aliphatic rings. The van der Waals surface area contributed by atoms with Crippen LogP contribution in [-0.2, 0) is 4.74 Å². The fraction of sp³-hybridized carbons (Fsp3) is 0.500. The van der Waals surface area contributed by atoms with Crippen LogP contribution in [0.5, 0.6) is 11.5 Å². The molecule has 1 rings (SSSR count). The van der Waals surface area contributed by atoms with Crippen LogP contribution in [0.25, 0.3) is 0 Å². The van der Waals surface area contributed by atoms with Crippen molar-refractivity contribution in [2.24, 2.45) is 0 Å². The topological polar surface area (TPSA) is 65.0 Å². The standard InChI is InChI=1S/C14H20O5/c1-3-18-12-8-6-7-11(14(15)16)13(12)19-10-5-4-9-17-2/h6-8H,3-5,9-10H2,1-2H3,(H,15,16). The van der Waals surface area contributed by atoms with Crippen molar-refractivity contribution in [3.63, 3.8) is 0 Å². The highest BCUT2D eigenvalue weighted by molar-refractivity contribution is 5.92. The van der Waals surface area contributed by atoms with Crippen molar-refractivity contribution in [1.82, 2.24) is 0 Å². The average molecular weight is 268 g/mol. The molecule has 0 aliphatic heterocycles. The molecule has 106 valence electrons. The molecule has 0 saturated carbocycles. The van der Waals surface area contributed by atoms with Crippen LogP contribution >= 0.6 is 0 Å². The van der Waals surface area contributed by atoms with E-state index in [1.54, 1.807) is 19.2 Å². The number of methoxy groups -OCH3 is 1. The van der Waals surface area contributed by atoms with Gasteiger partial charge in [0, 0.05) is 13.7 Å². The lowest BCUT2D eigenvalue weighted by molar-refractivity contribution is 0.0691. The van der Waals surface area contributed by atoms with Crippen molar-refractivity contribution >= 4 is 5.97 Å². The zero-order chi connectivity index (χ0) is 14.1. The number of hydrogen-bond donors (Lipinski definition) is 1. The third-order valence-corrected chi connectivity index (χ3v) is 2.50. The Morgan fingerprint density at radius 3 is 2.58 bits per heavy atom. The van der Waals surface area contributed by atoms with Crippen LogP contribution in [0, 0.1) is 0 Å². The molecule has 0 aliphatic carbocycles. The molecule has 0 fully saturated rings. The van der Waals surface area contributed by atoms with E-state index in [1.165, 1.54) is 6.07 Å². The summed E-state index contributed by atoms with van der Waals surface area (Å²) in [5, 5.41) is 9.14. The molecule has 0 bridgehead atoms. The number of ether oxygens (including phenoxy) is 3. The molecule has 1 N–H and O–H groups in total. The number of carboxylic acids is 1. The van der Waals surface area contributed by atoms with Crippen molar-refractivity contribution < 1.29 is 24.1 Å². The summed E-state index contributed by atoms with van der Waals surface area (Å²) in [5.74, 6) is -0.253. The van der Waals surface area contributed by atoms with E-state index in [0.29, 0.717) is 31.3 Å². The maximum atomic E-state index is 11.2. The molecule has 5 nitrogen and oxygen atoms in total. The van der Waals surface area contributed by atoms with Crippen molar-refractivity contribution in [2.45, 2.75) is 19.8 Å². The molecule has 0 atom stereocenters. The number of unbranched alkanes of at least 4 members (excludes halogenated alkanes) is 1. The van der Waals surface area contributed by atoms with E-state index in [-0.39, 0.29) is 5.56 Å². The van der Waals surface area contributed by atoms with Gasteiger partial charge in [0.15, 0.2) is 11.5 Å². The minimum Gasteiger partial charge on any atom is -0.490 e. The van der Waals surface area contributed by atoms with Crippen molar-refractivity contribution in [3.05, 3.63) is 23.8 Å². The van der Waals surface area contributed by atoms with Gasteiger partial charge in [-0.3, -0.25) is 0 Å². The molecule has 1 aromatic carbocycles. The summed E-state index contributed by atoms with van der Waals surface area (Å²) in [6.07, 6.45) is 1.67. The van der Waals surface area contributed by atoms with Gasteiger partial charge < -0.3 is 19.3 Å². The lowest BCUT2D eigenvalue weighted by atomic mass is 10.2. The summed E-state index contributed by atoms with van der Waals surface area (Å²) in [5.41, 5.74) is 0.123. The number of carboxylic acid groups (broad SMARTS) is 1. The largest absolute Gasteiger partial charge is 0.490 e. The minimum absolute atomic E-state index is 0.123. The number of rotatable bonds is 9. The molecule has 0 amide bonds. The Balaban J connectivity index is 2.73. The normalized spacial score (nSPS) is 10.2. The fourth-order valence-corrected chi connectivity index (χ4v) is 1.62. The van der Waals surface area contributed by atoms with E-state index in [9.17, 15) is 4.79 Å². The number of hydrogen-bond acceptors (Lipinski definition) is 4. The zero-order valence-electron chi connectivity index (χ0n) is 11.3. The zero-order valence-corrected chi connectivity index (χ0v) is 11.3. The molecule has 0 saturated heterocycles. The maximum absolute atomic E-state index is 11.2. The van der Waals surface area contributed by atoms with Crippen LogP contribution in [0.15, 0.2) is 18.2 Å². The first kappa shape index (κ1) is 15.3. The van der Waals surface area contributed by atoms with Crippen LogP contribution < -0.4 is 9.47 Å². The Morgan fingerprint density at radius 2 is 1.95 bits per heavy atom. The van der Waals surface area contributed by atoms with Gasteiger partial charge in [-0.05, 0) is 31.9 Å². The van der Waals surface area contributed by atoms with E-state index in [1.807, 2.05) is 6.92 Å². The minimum atomic E-state index is -1.02. The predicted octanol–water partition coefficient (Wildman–Crippen LogP) is 2.59. The van der Waals surface area contributed by atoms with Gasteiger partial charge in [-0.25, -0.2) is 4.79 Å². The molecule has 0 radical (unpaired) electrons. The van der Waals surface area contributed by atoms with Crippen LogP contribution in [0.1, 0.15) is 30.1 Å². The van der Waals surface area contributed by atoms with Gasteiger partial charge in [-0.15, -0.1) is 0 Å². The molecule has 0 unspecified atom stereocenters. The number of para-hydroxylation sites is 1. The van der Waals surface area contributed by atoms with Crippen LogP contribution in [0.2, 0.25) is 0 Å². The lowest BCUT2D eigenvalue weighted by Crippen LogP contribution is -2.07. The Hall–Kier alpha value is -1.75. The van der Waals surface area contributed by atoms with Gasteiger partial charge in [0.1, 0.15) is 5.56 Å². The van der Waals surface area contributed by atoms with Crippen LogP contribution in [0.4, 0.5) is 0 Å². The second-order valence-electron chi connectivity index (χ2n) is 3.92. The molecule has 0 spiro atoms. The Labute approximate surface area is 113 Å². The summed E-state index contributed by atoms with van der Waals surface area (Å²) >= 11 is 0. The Morgan fingerprint density at radius 1 is 1.21 bits per heavy atom. The van der Waals surface area contributed by atoms with Crippen LogP contribution in [0.3, 0.4) is 0 Å². The van der Waals surface area contributed by atoms with E-state index < -0.39 is 5.97 Å². The molecular formula is C14H20O5. The molecule has 0 heterocycles. The number of benzene rings is 1. The highest BCUT2D eigenvalue weighted by atomic mass is 16.5. The van der Waals surface area contributed by atoms with E-state index in [0.717, 1.165) is 12.8 Å². The maximum Gasteiger partial charge on any atom is 0.339 e. The van der Waals surface area contributed by atoms with Gasteiger partial charge in [0.25, 0.3) is 0 Å². The molecule has 19 heavy (non-hydrogen) atoms.